The number of nitrogens with one attached hydrogen (secondary N) is 1. The van der Waals surface area contributed by atoms with E-state index in [1.807, 2.05) is 22.9 Å². The van der Waals surface area contributed by atoms with Crippen molar-refractivity contribution < 1.29 is 4.74 Å². The van der Waals surface area contributed by atoms with Crippen LogP contribution in [0.1, 0.15) is 28.3 Å². The molecule has 2 heterocycles. The molecule has 3 N–H and O–H groups in total. The summed E-state index contributed by atoms with van der Waals surface area (Å²) in [6.45, 7) is 0.674. The largest absolute Gasteiger partial charge is 0.497 e. The van der Waals surface area contributed by atoms with Crippen LogP contribution in [0.5, 0.6) is 5.75 Å². The molecule has 166 valence electrons. The van der Waals surface area contributed by atoms with Crippen molar-refractivity contribution in [3.8, 4) is 5.75 Å². The minimum Gasteiger partial charge on any atom is -0.497 e. The van der Waals surface area contributed by atoms with E-state index < -0.39 is 0 Å². The highest BCUT2D eigenvalue weighted by atomic mass is 79.9. The van der Waals surface area contributed by atoms with Crippen LogP contribution in [-0.2, 0) is 13.0 Å². The second-order valence-electron chi connectivity index (χ2n) is 8.21. The predicted molar refractivity (Wildman–Crippen MR) is 137 cm³/mol. The molecule has 0 bridgehead atoms. The first-order valence-corrected chi connectivity index (χ1v) is 11.7. The summed E-state index contributed by atoms with van der Waals surface area (Å²) in [5.74, 6) is 1.44. The van der Waals surface area contributed by atoms with Crippen molar-refractivity contribution in [1.82, 2.24) is 14.5 Å². The van der Waals surface area contributed by atoms with Crippen LogP contribution in [0.3, 0.4) is 0 Å². The van der Waals surface area contributed by atoms with E-state index in [4.69, 9.17) is 15.5 Å². The van der Waals surface area contributed by atoms with Gasteiger partial charge < -0.3 is 20.0 Å². The first-order valence-electron chi connectivity index (χ1n) is 10.9. The maximum Gasteiger partial charge on any atom is 0.200 e. The van der Waals surface area contributed by atoms with Gasteiger partial charge in [0.05, 0.1) is 19.3 Å². The number of halogens is 1. The SMILES string of the molecule is COc1ccc(C(Cc2ccc(Br)cc2)c2cn(Cc3ccc4[nH]ccc4c3)c(N)n2)cc1. The lowest BCUT2D eigenvalue weighted by Gasteiger charge is -2.16. The molecule has 2 aromatic heterocycles. The first kappa shape index (κ1) is 21.3. The van der Waals surface area contributed by atoms with E-state index in [9.17, 15) is 0 Å². The fourth-order valence-corrected chi connectivity index (χ4v) is 4.49. The summed E-state index contributed by atoms with van der Waals surface area (Å²) in [6.07, 6.45) is 4.87. The molecular weight excluding hydrogens is 476 g/mol. The number of rotatable bonds is 7. The van der Waals surface area contributed by atoms with Gasteiger partial charge in [-0.1, -0.05) is 46.3 Å². The minimum absolute atomic E-state index is 0.0767. The summed E-state index contributed by atoms with van der Waals surface area (Å²) in [5.41, 5.74) is 12.1. The molecule has 3 aromatic carbocycles. The highest BCUT2D eigenvalue weighted by Gasteiger charge is 2.20. The number of hydrogen-bond donors (Lipinski definition) is 2. The zero-order valence-corrected chi connectivity index (χ0v) is 19.9. The van der Waals surface area contributed by atoms with Crippen molar-refractivity contribution in [2.75, 3.05) is 12.8 Å². The lowest BCUT2D eigenvalue weighted by atomic mass is 9.89. The van der Waals surface area contributed by atoms with Gasteiger partial charge in [-0.05, 0) is 71.0 Å². The summed E-state index contributed by atoms with van der Waals surface area (Å²) >= 11 is 3.53. The third kappa shape index (κ3) is 4.66. The Morgan fingerprint density at radius 2 is 1.76 bits per heavy atom. The Morgan fingerprint density at radius 1 is 1.00 bits per heavy atom. The molecule has 33 heavy (non-hydrogen) atoms. The van der Waals surface area contributed by atoms with Gasteiger partial charge in [0.15, 0.2) is 0 Å². The normalized spacial score (nSPS) is 12.2. The molecule has 5 aromatic rings. The number of nitrogens with zero attached hydrogens (tertiary/aromatic N) is 2. The Labute approximate surface area is 201 Å². The van der Waals surface area contributed by atoms with Crippen LogP contribution in [-0.4, -0.2) is 21.6 Å². The summed E-state index contributed by atoms with van der Waals surface area (Å²) in [7, 11) is 1.68. The van der Waals surface area contributed by atoms with Gasteiger partial charge in [-0.25, -0.2) is 4.98 Å². The number of methoxy groups -OCH3 is 1. The van der Waals surface area contributed by atoms with Gasteiger partial charge in [0.25, 0.3) is 0 Å². The number of aromatic amines is 1. The molecule has 0 fully saturated rings. The average Bonchev–Trinajstić information content (AvgIpc) is 3.45. The standard InChI is InChI=1S/C27H25BrN4O/c1-33-23-9-5-20(6-10-23)24(15-18-2-7-22(28)8-3-18)26-17-32(27(29)31-26)16-19-4-11-25-21(14-19)12-13-30-25/h2-14,17,24,30H,15-16H2,1H3,(H2,29,31). The number of anilines is 1. The molecule has 0 spiro atoms. The van der Waals surface area contributed by atoms with E-state index >= 15 is 0 Å². The maximum atomic E-state index is 6.38. The molecule has 0 saturated heterocycles. The van der Waals surface area contributed by atoms with Crippen LogP contribution in [0.4, 0.5) is 5.95 Å². The molecule has 0 aliphatic carbocycles. The van der Waals surface area contributed by atoms with Gasteiger partial charge >= 0.3 is 0 Å². The van der Waals surface area contributed by atoms with Crippen molar-refractivity contribution in [2.24, 2.45) is 0 Å². The lowest BCUT2D eigenvalue weighted by Crippen LogP contribution is -2.06. The Morgan fingerprint density at radius 3 is 2.52 bits per heavy atom. The molecule has 1 unspecified atom stereocenters. The Bertz CT molecular complexity index is 1370. The van der Waals surface area contributed by atoms with E-state index in [1.165, 1.54) is 22.1 Å². The molecule has 0 saturated carbocycles. The molecule has 0 amide bonds. The van der Waals surface area contributed by atoms with Gasteiger partial charge in [-0.3, -0.25) is 0 Å². The van der Waals surface area contributed by atoms with Gasteiger partial charge in [0.2, 0.25) is 5.95 Å². The molecule has 5 rings (SSSR count). The highest BCUT2D eigenvalue weighted by Crippen LogP contribution is 2.31. The number of fused-ring (bicyclic) bond motifs is 1. The van der Waals surface area contributed by atoms with Crippen LogP contribution < -0.4 is 10.5 Å². The van der Waals surface area contributed by atoms with Crippen LogP contribution in [0.2, 0.25) is 0 Å². The summed E-state index contributed by atoms with van der Waals surface area (Å²) in [6, 6.07) is 25.1. The fourth-order valence-electron chi connectivity index (χ4n) is 4.23. The number of aromatic nitrogens is 3. The highest BCUT2D eigenvalue weighted by molar-refractivity contribution is 9.10. The van der Waals surface area contributed by atoms with Crippen LogP contribution in [0.15, 0.2) is 89.7 Å². The van der Waals surface area contributed by atoms with Crippen molar-refractivity contribution in [3.63, 3.8) is 0 Å². The van der Waals surface area contributed by atoms with Gasteiger partial charge in [-0.15, -0.1) is 0 Å². The van der Waals surface area contributed by atoms with Gasteiger partial charge in [-0.2, -0.15) is 0 Å². The molecular formula is C27H25BrN4O. The topological polar surface area (TPSA) is 68.9 Å². The number of H-pyrrole nitrogens is 1. The van der Waals surface area contributed by atoms with Crippen LogP contribution >= 0.6 is 15.9 Å². The van der Waals surface area contributed by atoms with E-state index in [2.05, 4.69) is 87.8 Å². The summed E-state index contributed by atoms with van der Waals surface area (Å²) in [5, 5.41) is 1.19. The van der Waals surface area contributed by atoms with E-state index in [0.717, 1.165) is 27.9 Å². The summed E-state index contributed by atoms with van der Waals surface area (Å²) < 4.78 is 8.45. The predicted octanol–water partition coefficient (Wildman–Crippen LogP) is 6.14. The zero-order chi connectivity index (χ0) is 22.8. The third-order valence-electron chi connectivity index (χ3n) is 6.02. The maximum absolute atomic E-state index is 6.38. The van der Waals surface area contributed by atoms with Crippen molar-refractivity contribution in [3.05, 3.63) is 112 Å². The Kier molecular flexibility index (Phi) is 5.92. The number of nitrogen functional groups attached to an aromatic ring is 1. The number of benzene rings is 3. The van der Waals surface area contributed by atoms with Crippen LogP contribution in [0.25, 0.3) is 10.9 Å². The smallest absolute Gasteiger partial charge is 0.200 e. The van der Waals surface area contributed by atoms with Gasteiger partial charge in [0.1, 0.15) is 5.75 Å². The molecule has 6 heteroatoms. The third-order valence-corrected chi connectivity index (χ3v) is 6.55. The zero-order valence-electron chi connectivity index (χ0n) is 18.3. The number of ether oxygens (including phenoxy) is 1. The van der Waals surface area contributed by atoms with Crippen LogP contribution in [0, 0.1) is 0 Å². The quantitative estimate of drug-likeness (QED) is 0.282. The lowest BCUT2D eigenvalue weighted by molar-refractivity contribution is 0.414. The van der Waals surface area contributed by atoms with E-state index in [0.29, 0.717) is 12.5 Å². The minimum atomic E-state index is 0.0767. The Balaban J connectivity index is 1.47. The van der Waals surface area contributed by atoms with Gasteiger partial charge in [0, 0.05) is 28.3 Å². The molecule has 0 aliphatic heterocycles. The van der Waals surface area contributed by atoms with E-state index in [1.54, 1.807) is 7.11 Å². The first-order chi connectivity index (χ1) is 16.1. The molecule has 0 aliphatic rings. The molecule has 5 nitrogen and oxygen atoms in total. The number of imidazole rings is 1. The monoisotopic (exact) mass is 500 g/mol. The Hall–Kier alpha value is -3.51. The summed E-state index contributed by atoms with van der Waals surface area (Å²) in [4.78, 5) is 8.02. The fraction of sp³-hybridized carbons (Fsp3) is 0.148. The number of nitrogens with two attached hydrogens (primary N) is 1. The molecule has 1 atom stereocenters. The van der Waals surface area contributed by atoms with E-state index in [-0.39, 0.29) is 5.92 Å². The average molecular weight is 501 g/mol. The van der Waals surface area contributed by atoms with Crippen molar-refractivity contribution in [1.29, 1.82) is 0 Å². The molecule has 0 radical (unpaired) electrons. The number of hydrogen-bond acceptors (Lipinski definition) is 3. The second kappa shape index (κ2) is 9.16. The van der Waals surface area contributed by atoms with Crippen molar-refractivity contribution >= 4 is 32.8 Å². The second-order valence-corrected chi connectivity index (χ2v) is 9.12. The van der Waals surface area contributed by atoms with Crippen molar-refractivity contribution in [2.45, 2.75) is 18.9 Å².